The molecule has 1 radical (unpaired) electrons. The third-order valence-electron chi connectivity index (χ3n) is 10.1. The highest BCUT2D eigenvalue weighted by molar-refractivity contribution is 8.00. The van der Waals surface area contributed by atoms with Gasteiger partial charge in [-0.15, -0.1) is 32.2 Å². The van der Waals surface area contributed by atoms with E-state index in [4.69, 9.17) is 52.8 Å². The Balaban J connectivity index is 1.000. The first kappa shape index (κ1) is 34.4. The molecule has 0 aliphatic carbocycles. The van der Waals surface area contributed by atoms with Crippen LogP contribution >= 0.6 is 23.5 Å². The summed E-state index contributed by atoms with van der Waals surface area (Å²) in [6, 6.07) is 11.0. The minimum absolute atomic E-state index is 0.0632. The molecule has 0 saturated heterocycles. The molecule has 6 aromatic rings. The lowest BCUT2D eigenvalue weighted by Crippen LogP contribution is -2.31. The van der Waals surface area contributed by atoms with Crippen molar-refractivity contribution in [1.29, 1.82) is 0 Å². The van der Waals surface area contributed by atoms with Crippen molar-refractivity contribution < 1.29 is 42.7 Å². The van der Waals surface area contributed by atoms with Gasteiger partial charge in [0, 0.05) is 35.4 Å². The third-order valence-corrected chi connectivity index (χ3v) is 12.4. The fourth-order valence-electron chi connectivity index (χ4n) is 7.35. The largest absolute Gasteiger partial charge is 0.486 e. The van der Waals surface area contributed by atoms with Crippen LogP contribution in [0.3, 0.4) is 0 Å². The van der Waals surface area contributed by atoms with Crippen LogP contribution in [0.2, 0.25) is 0 Å². The number of hydrogen-bond acceptors (Lipinski definition) is 19. The molecule has 6 aliphatic heterocycles. The maximum absolute atomic E-state index is 12.0. The van der Waals surface area contributed by atoms with Gasteiger partial charge in [-0.05, 0) is 24.3 Å². The monoisotopic (exact) mass is 828 g/mol. The number of thioether (sulfide) groups is 2. The molecule has 2 unspecified atom stereocenters. The molecule has 0 spiro atoms. The van der Waals surface area contributed by atoms with Crippen LogP contribution in [-0.4, -0.2) is 91.6 Å². The van der Waals surface area contributed by atoms with E-state index in [1.165, 1.54) is 11.8 Å². The second-order valence-electron chi connectivity index (χ2n) is 13.7. The topological polar surface area (TPSA) is 206 Å². The van der Waals surface area contributed by atoms with Gasteiger partial charge in [-0.1, -0.05) is 11.8 Å². The number of nitrogens with zero attached hydrogens (tertiary/aromatic N) is 8. The van der Waals surface area contributed by atoms with E-state index < -0.39 is 11.0 Å². The van der Waals surface area contributed by atoms with Crippen molar-refractivity contribution in [2.75, 3.05) is 50.7 Å². The molecule has 2 atom stereocenters. The predicted molar refractivity (Wildman–Crippen MR) is 204 cm³/mol. The van der Waals surface area contributed by atoms with Crippen LogP contribution in [0.1, 0.15) is 28.7 Å². The molecule has 12 rings (SSSR count). The van der Waals surface area contributed by atoms with Gasteiger partial charge in [0.25, 0.3) is 11.8 Å². The van der Waals surface area contributed by atoms with Crippen molar-refractivity contribution in [3.05, 3.63) is 77.6 Å². The van der Waals surface area contributed by atoms with Crippen molar-refractivity contribution in [2.24, 2.45) is 0 Å². The SMILES string of the molecule is O=C1COc2ccc(C3Cc4cc(C5(c6cc7c(nn6)OCCO7)Oc6c(-c7cc8c(nn7)OCCS8)n[c]c(-c7cc8c(cn7)OCCO8)c6S5)ncc4O3)nc2N1. The summed E-state index contributed by atoms with van der Waals surface area (Å²) in [5.74, 6) is 4.54. The highest BCUT2D eigenvalue weighted by Crippen LogP contribution is 2.61. The lowest BCUT2D eigenvalue weighted by molar-refractivity contribution is -0.118. The van der Waals surface area contributed by atoms with Crippen LogP contribution in [0.4, 0.5) is 5.82 Å². The number of pyridine rings is 4. The standard InChI is InChI=1S/C39H26N9O9S2/c49-32-17-55-23-2-1-20(43-36(23)44-32)24-9-18-10-30(41-15-27(18)56-24)39(31-13-26-37(47-46-31)53-6-5-51-26)57-34-33(22-12-29-38(48-45-22)54-7-8-58-29)42-14-19(35(34)59-39)21-11-25-28(16-40-21)52-4-3-50-25/h1-2,10-13,15-16,24H,3-9,17H2,(H,43,44,49). The minimum atomic E-state index is -1.47. The molecular formula is C39H26N9O9S2. The predicted octanol–water partition coefficient (Wildman–Crippen LogP) is 4.40. The molecule has 0 saturated carbocycles. The lowest BCUT2D eigenvalue weighted by Gasteiger charge is -2.28. The van der Waals surface area contributed by atoms with Gasteiger partial charge in [0.1, 0.15) is 67.3 Å². The van der Waals surface area contributed by atoms with Crippen molar-refractivity contribution in [2.45, 2.75) is 27.2 Å². The number of rotatable bonds is 5. The van der Waals surface area contributed by atoms with E-state index in [9.17, 15) is 4.79 Å². The van der Waals surface area contributed by atoms with Crippen molar-refractivity contribution >= 4 is 35.2 Å². The summed E-state index contributed by atoms with van der Waals surface area (Å²) in [4.78, 5) is 31.2. The molecule has 0 aromatic carbocycles. The molecule has 6 aromatic heterocycles. The fourth-order valence-corrected chi connectivity index (χ4v) is 9.47. The average molecular weight is 829 g/mol. The Morgan fingerprint density at radius 3 is 2.56 bits per heavy atom. The number of carbonyl (C=O) groups excluding carboxylic acids is 1. The molecule has 12 heterocycles. The van der Waals surface area contributed by atoms with E-state index in [1.54, 1.807) is 42.4 Å². The minimum Gasteiger partial charge on any atom is -0.486 e. The fraction of sp³-hybridized carbons (Fsp3) is 0.256. The zero-order valence-electron chi connectivity index (χ0n) is 30.4. The van der Waals surface area contributed by atoms with Gasteiger partial charge in [-0.2, -0.15) is 0 Å². The summed E-state index contributed by atoms with van der Waals surface area (Å²) in [5.41, 5.74) is 4.25. The smallest absolute Gasteiger partial charge is 0.276 e. The summed E-state index contributed by atoms with van der Waals surface area (Å²) < 4.78 is 48.3. The zero-order valence-corrected chi connectivity index (χ0v) is 32.1. The van der Waals surface area contributed by atoms with Gasteiger partial charge in [-0.25, -0.2) is 9.97 Å². The number of carbonyl (C=O) groups is 1. The van der Waals surface area contributed by atoms with Crippen molar-refractivity contribution in [3.8, 4) is 68.9 Å². The molecule has 1 N–H and O–H groups in total. The zero-order chi connectivity index (χ0) is 39.1. The number of hydrogen-bond donors (Lipinski definition) is 1. The molecule has 20 heteroatoms. The second-order valence-corrected chi connectivity index (χ2v) is 16.1. The number of fused-ring (bicyclic) bond motifs is 6. The Bertz CT molecular complexity index is 2670. The van der Waals surface area contributed by atoms with Crippen molar-refractivity contribution in [3.63, 3.8) is 0 Å². The molecule has 18 nitrogen and oxygen atoms in total. The number of amides is 1. The summed E-state index contributed by atoms with van der Waals surface area (Å²) >= 11 is 2.97. The number of anilines is 1. The van der Waals surface area contributed by atoms with E-state index in [2.05, 4.69) is 36.9 Å². The van der Waals surface area contributed by atoms with Crippen LogP contribution in [0.25, 0.3) is 22.6 Å². The Hall–Kier alpha value is -6.67. The first-order chi connectivity index (χ1) is 29.0. The normalized spacial score (nSPS) is 20.3. The maximum atomic E-state index is 12.0. The summed E-state index contributed by atoms with van der Waals surface area (Å²) in [6.45, 7) is 1.99. The summed E-state index contributed by atoms with van der Waals surface area (Å²) in [7, 11) is 0. The van der Waals surface area contributed by atoms with Crippen LogP contribution in [-0.2, 0) is 16.1 Å². The van der Waals surface area contributed by atoms with Crippen molar-refractivity contribution in [1.82, 2.24) is 40.3 Å². The van der Waals surface area contributed by atoms with Gasteiger partial charge < -0.3 is 43.2 Å². The van der Waals surface area contributed by atoms with E-state index in [1.807, 2.05) is 18.2 Å². The molecule has 0 fully saturated rings. The van der Waals surface area contributed by atoms with Gasteiger partial charge in [-0.3, -0.25) is 14.8 Å². The molecular weight excluding hydrogens is 803 g/mol. The number of nitrogens with one attached hydrogen (secondary N) is 1. The number of ether oxygens (including phenoxy) is 8. The van der Waals surface area contributed by atoms with Gasteiger partial charge in [0.05, 0.1) is 40.2 Å². The lowest BCUT2D eigenvalue weighted by atomic mass is 10.0. The van der Waals surface area contributed by atoms with Gasteiger partial charge >= 0.3 is 0 Å². The maximum Gasteiger partial charge on any atom is 0.276 e. The highest BCUT2D eigenvalue weighted by atomic mass is 32.2. The van der Waals surface area contributed by atoms with E-state index in [-0.39, 0.29) is 18.4 Å². The van der Waals surface area contributed by atoms with Gasteiger partial charge in [0.15, 0.2) is 41.2 Å². The average Bonchev–Trinajstić information content (AvgIpc) is 3.91. The summed E-state index contributed by atoms with van der Waals surface area (Å²) in [6.07, 6.45) is 6.51. The third kappa shape index (κ3) is 5.75. The van der Waals surface area contributed by atoms with E-state index >= 15 is 0 Å². The number of aromatic nitrogens is 8. The Kier molecular flexibility index (Phi) is 7.84. The molecule has 59 heavy (non-hydrogen) atoms. The molecule has 293 valence electrons. The quantitative estimate of drug-likeness (QED) is 0.256. The van der Waals surface area contributed by atoms with Crippen LogP contribution < -0.4 is 43.2 Å². The Morgan fingerprint density at radius 1 is 0.763 bits per heavy atom. The van der Waals surface area contributed by atoms with Crippen LogP contribution in [0, 0.1) is 6.20 Å². The molecule has 0 bridgehead atoms. The first-order valence-corrected chi connectivity index (χ1v) is 20.3. The van der Waals surface area contributed by atoms with Crippen LogP contribution in [0.5, 0.6) is 46.3 Å². The Morgan fingerprint density at radius 2 is 1.61 bits per heavy atom. The van der Waals surface area contributed by atoms with E-state index in [0.29, 0.717) is 130 Å². The molecule has 6 aliphatic rings. The summed E-state index contributed by atoms with van der Waals surface area (Å²) in [5, 5.41) is 20.8. The highest BCUT2D eigenvalue weighted by Gasteiger charge is 2.51. The van der Waals surface area contributed by atoms with Gasteiger partial charge in [0.2, 0.25) is 10.8 Å². The molecule has 1 amide bonds. The van der Waals surface area contributed by atoms with Crippen LogP contribution in [0.15, 0.2) is 58.6 Å². The second kappa shape index (κ2) is 13.4. The first-order valence-electron chi connectivity index (χ1n) is 18.5. The van der Waals surface area contributed by atoms with E-state index in [0.717, 1.165) is 16.2 Å². The Labute approximate surface area is 341 Å².